The minimum Gasteiger partial charge on any atom is -0.481 e. The summed E-state index contributed by atoms with van der Waals surface area (Å²) in [6, 6.07) is 7.90. The monoisotopic (exact) mass is 274 g/mol. The molecule has 0 aliphatic carbocycles. The molecule has 1 unspecified atom stereocenters. The topological polar surface area (TPSA) is 37.3 Å². The van der Waals surface area contributed by atoms with Crippen LogP contribution in [0.3, 0.4) is 0 Å². The summed E-state index contributed by atoms with van der Waals surface area (Å²) < 4.78 is 0. The van der Waals surface area contributed by atoms with Gasteiger partial charge in [-0.15, -0.1) is 0 Å². The van der Waals surface area contributed by atoms with Gasteiger partial charge in [-0.25, -0.2) is 0 Å². The largest absolute Gasteiger partial charge is 0.481 e. The number of aryl methyl sites for hydroxylation is 1. The van der Waals surface area contributed by atoms with Crippen molar-refractivity contribution in [2.75, 3.05) is 0 Å². The predicted molar refractivity (Wildman–Crippen MR) is 83.9 cm³/mol. The van der Waals surface area contributed by atoms with Crippen LogP contribution in [-0.2, 0) is 17.6 Å². The van der Waals surface area contributed by atoms with Gasteiger partial charge in [0.15, 0.2) is 0 Å². The van der Waals surface area contributed by atoms with Gasteiger partial charge in [0.25, 0.3) is 0 Å². The molecule has 0 spiro atoms. The molecule has 0 aliphatic rings. The number of aliphatic carboxylic acids is 1. The van der Waals surface area contributed by atoms with Gasteiger partial charge in [0, 0.05) is 0 Å². The molecular weight excluding hydrogens is 248 g/mol. The lowest BCUT2D eigenvalue weighted by Gasteiger charge is -2.12. The molecule has 2 heteroatoms. The van der Waals surface area contributed by atoms with Crippen LogP contribution in [0, 0.1) is 5.92 Å². The molecule has 0 aromatic heterocycles. The Balaban J connectivity index is 2.48. The average Bonchev–Trinajstić information content (AvgIpc) is 2.36. The van der Waals surface area contributed by atoms with Crippen LogP contribution in [0.2, 0.25) is 0 Å². The van der Waals surface area contributed by atoms with Crippen LogP contribution in [0.1, 0.15) is 51.2 Å². The van der Waals surface area contributed by atoms with Gasteiger partial charge in [0.1, 0.15) is 0 Å². The van der Waals surface area contributed by atoms with Gasteiger partial charge in [-0.05, 0) is 56.6 Å². The molecule has 1 aromatic rings. The molecule has 0 saturated carbocycles. The molecule has 0 heterocycles. The van der Waals surface area contributed by atoms with E-state index >= 15 is 0 Å². The number of carbonyl (C=O) groups is 1. The Hall–Kier alpha value is -1.57. The lowest BCUT2D eigenvalue weighted by Crippen LogP contribution is -2.05. The molecule has 0 bridgehead atoms. The molecule has 0 amide bonds. The first kappa shape index (κ1) is 16.5. The van der Waals surface area contributed by atoms with Crippen molar-refractivity contribution < 1.29 is 9.90 Å². The third kappa shape index (κ3) is 6.55. The molecule has 0 radical (unpaired) electrons. The number of hydrogen-bond acceptors (Lipinski definition) is 1. The van der Waals surface area contributed by atoms with Crippen LogP contribution < -0.4 is 0 Å². The van der Waals surface area contributed by atoms with Gasteiger partial charge >= 0.3 is 5.97 Å². The molecule has 1 atom stereocenters. The molecule has 20 heavy (non-hydrogen) atoms. The van der Waals surface area contributed by atoms with Gasteiger partial charge in [-0.2, -0.15) is 0 Å². The van der Waals surface area contributed by atoms with Crippen molar-refractivity contribution in [2.24, 2.45) is 5.92 Å². The fourth-order valence-corrected chi connectivity index (χ4v) is 2.34. The summed E-state index contributed by atoms with van der Waals surface area (Å²) in [6.07, 6.45) is 6.84. The van der Waals surface area contributed by atoms with Gasteiger partial charge in [-0.3, -0.25) is 4.79 Å². The van der Waals surface area contributed by atoms with E-state index in [-0.39, 0.29) is 6.42 Å². The summed E-state index contributed by atoms with van der Waals surface area (Å²) in [5.74, 6) is -0.0856. The Bertz CT molecular complexity index is 456. The van der Waals surface area contributed by atoms with E-state index in [0.29, 0.717) is 5.92 Å². The fourth-order valence-electron chi connectivity index (χ4n) is 2.34. The second kappa shape index (κ2) is 8.57. The zero-order valence-electron chi connectivity index (χ0n) is 12.9. The molecule has 0 aliphatic heterocycles. The highest BCUT2D eigenvalue weighted by molar-refractivity contribution is 5.70. The molecule has 0 fully saturated rings. The number of hydrogen-bond donors (Lipinski definition) is 1. The van der Waals surface area contributed by atoms with Crippen molar-refractivity contribution in [1.29, 1.82) is 0 Å². The molecule has 0 saturated heterocycles. The smallest absolute Gasteiger partial charge is 0.307 e. The summed E-state index contributed by atoms with van der Waals surface area (Å²) in [6.45, 7) is 6.54. The van der Waals surface area contributed by atoms with Crippen molar-refractivity contribution >= 4 is 5.97 Å². The highest BCUT2D eigenvalue weighted by atomic mass is 16.4. The first-order valence-corrected chi connectivity index (χ1v) is 7.41. The summed E-state index contributed by atoms with van der Waals surface area (Å²) >= 11 is 0. The van der Waals surface area contributed by atoms with E-state index in [1.807, 2.05) is 18.2 Å². The van der Waals surface area contributed by atoms with Gasteiger partial charge in [0.2, 0.25) is 0 Å². The molecule has 1 rings (SSSR count). The maximum Gasteiger partial charge on any atom is 0.307 e. The molecule has 2 nitrogen and oxygen atoms in total. The Labute approximate surface area is 122 Å². The maximum atomic E-state index is 10.9. The standard InChI is InChI=1S/C18H26O2/c1-14(2)7-6-8-15(3)11-12-16-9-4-5-10-17(16)13-18(19)20/h4-5,7,9-10,15H,6,8,11-13H2,1-3H3,(H,19,20). The van der Waals surface area contributed by atoms with Crippen LogP contribution >= 0.6 is 0 Å². The second-order valence-corrected chi connectivity index (χ2v) is 5.84. The number of benzene rings is 1. The molecule has 1 aromatic carbocycles. The lowest BCUT2D eigenvalue weighted by molar-refractivity contribution is -0.136. The Morgan fingerprint density at radius 2 is 1.85 bits per heavy atom. The van der Waals surface area contributed by atoms with E-state index in [9.17, 15) is 4.79 Å². The Kier molecular flexibility index (Phi) is 7.06. The second-order valence-electron chi connectivity index (χ2n) is 5.84. The van der Waals surface area contributed by atoms with Gasteiger partial charge in [-0.1, -0.05) is 42.8 Å². The molecule has 1 N–H and O–H groups in total. The first-order chi connectivity index (χ1) is 9.49. The SMILES string of the molecule is CC(C)=CCCC(C)CCc1ccccc1CC(=O)O. The molecular formula is C18H26O2. The summed E-state index contributed by atoms with van der Waals surface area (Å²) in [5.41, 5.74) is 3.52. The van der Waals surface area contributed by atoms with Crippen LogP contribution in [0.4, 0.5) is 0 Å². The van der Waals surface area contributed by atoms with Gasteiger partial charge in [0.05, 0.1) is 6.42 Å². The zero-order chi connectivity index (χ0) is 15.0. The minimum absolute atomic E-state index is 0.127. The number of carboxylic acids is 1. The minimum atomic E-state index is -0.756. The van der Waals surface area contributed by atoms with Crippen LogP contribution in [0.5, 0.6) is 0 Å². The van der Waals surface area contributed by atoms with Crippen molar-refractivity contribution in [3.8, 4) is 0 Å². The van der Waals surface area contributed by atoms with E-state index < -0.39 is 5.97 Å². The third-order valence-corrected chi connectivity index (χ3v) is 3.58. The van der Waals surface area contributed by atoms with Crippen LogP contribution in [-0.4, -0.2) is 11.1 Å². The van der Waals surface area contributed by atoms with E-state index in [4.69, 9.17) is 5.11 Å². The highest BCUT2D eigenvalue weighted by Gasteiger charge is 2.08. The van der Waals surface area contributed by atoms with E-state index in [2.05, 4.69) is 32.9 Å². The van der Waals surface area contributed by atoms with Gasteiger partial charge < -0.3 is 5.11 Å². The average molecular weight is 274 g/mol. The van der Waals surface area contributed by atoms with Crippen molar-refractivity contribution in [2.45, 2.75) is 52.9 Å². The zero-order valence-corrected chi connectivity index (χ0v) is 12.9. The maximum absolute atomic E-state index is 10.9. The van der Waals surface area contributed by atoms with Crippen LogP contribution in [0.25, 0.3) is 0 Å². The fraction of sp³-hybridized carbons (Fsp3) is 0.500. The number of carboxylic acid groups (broad SMARTS) is 1. The van der Waals surface area contributed by atoms with E-state index in [0.717, 1.165) is 24.8 Å². The Morgan fingerprint density at radius 1 is 1.20 bits per heavy atom. The number of rotatable bonds is 8. The lowest BCUT2D eigenvalue weighted by atomic mass is 9.93. The highest BCUT2D eigenvalue weighted by Crippen LogP contribution is 2.18. The predicted octanol–water partition coefficient (Wildman–Crippen LogP) is 4.63. The summed E-state index contributed by atoms with van der Waals surface area (Å²) in [5, 5.41) is 8.93. The van der Waals surface area contributed by atoms with E-state index in [1.165, 1.54) is 17.6 Å². The Morgan fingerprint density at radius 3 is 2.45 bits per heavy atom. The number of allylic oxidation sites excluding steroid dienone is 2. The quantitative estimate of drug-likeness (QED) is 0.702. The third-order valence-electron chi connectivity index (χ3n) is 3.58. The van der Waals surface area contributed by atoms with Crippen molar-refractivity contribution in [1.82, 2.24) is 0 Å². The summed E-state index contributed by atoms with van der Waals surface area (Å²) in [7, 11) is 0. The molecule has 110 valence electrons. The van der Waals surface area contributed by atoms with Crippen molar-refractivity contribution in [3.63, 3.8) is 0 Å². The van der Waals surface area contributed by atoms with Crippen molar-refractivity contribution in [3.05, 3.63) is 47.0 Å². The normalized spacial score (nSPS) is 11.9. The van der Waals surface area contributed by atoms with E-state index in [1.54, 1.807) is 0 Å². The summed E-state index contributed by atoms with van der Waals surface area (Å²) in [4.78, 5) is 10.9. The van der Waals surface area contributed by atoms with Crippen LogP contribution in [0.15, 0.2) is 35.9 Å². The first-order valence-electron chi connectivity index (χ1n) is 7.41.